The van der Waals surface area contributed by atoms with Crippen LogP contribution in [0.4, 0.5) is 10.2 Å². The van der Waals surface area contributed by atoms with Crippen LogP contribution in [0.5, 0.6) is 5.75 Å². The second-order valence-electron chi connectivity index (χ2n) is 3.66. The molecule has 0 radical (unpaired) electrons. The third kappa shape index (κ3) is 3.29. The lowest BCUT2D eigenvalue weighted by atomic mass is 10.2. The molecular weight excluding hydrogens is 315 g/mol. The molecule has 0 spiro atoms. The van der Waals surface area contributed by atoms with E-state index in [2.05, 4.69) is 26.2 Å². The van der Waals surface area contributed by atoms with E-state index in [1.165, 1.54) is 19.2 Å². The number of anilines is 1. The first kappa shape index (κ1) is 13.5. The highest BCUT2D eigenvalue weighted by atomic mass is 79.9. The summed E-state index contributed by atoms with van der Waals surface area (Å²) in [5, 5.41) is 2.57. The average molecular weight is 325 g/mol. The first-order valence-electron chi connectivity index (χ1n) is 5.36. The van der Waals surface area contributed by atoms with E-state index >= 15 is 0 Å². The van der Waals surface area contributed by atoms with Gasteiger partial charge in [0.1, 0.15) is 17.4 Å². The largest absolute Gasteiger partial charge is 0.496 e. The van der Waals surface area contributed by atoms with E-state index in [0.717, 1.165) is 10.7 Å². The second kappa shape index (κ2) is 5.79. The zero-order valence-electron chi connectivity index (χ0n) is 9.98. The van der Waals surface area contributed by atoms with Crippen LogP contribution in [0.25, 0.3) is 0 Å². The quantitative estimate of drug-likeness (QED) is 0.942. The summed E-state index contributed by atoms with van der Waals surface area (Å²) in [5.41, 5.74) is 0.372. The van der Waals surface area contributed by atoms with Crippen molar-refractivity contribution >= 4 is 27.7 Å². The summed E-state index contributed by atoms with van der Waals surface area (Å²) in [6.07, 6.45) is 1.04. The Labute approximate surface area is 117 Å². The Morgan fingerprint density at radius 3 is 2.79 bits per heavy atom. The van der Waals surface area contributed by atoms with Gasteiger partial charge in [-0.2, -0.15) is 0 Å². The van der Waals surface area contributed by atoms with Gasteiger partial charge in [0, 0.05) is 4.47 Å². The molecule has 1 N–H and O–H groups in total. The Morgan fingerprint density at radius 1 is 1.37 bits per heavy atom. The van der Waals surface area contributed by atoms with Crippen LogP contribution in [0.15, 0.2) is 41.0 Å². The molecule has 19 heavy (non-hydrogen) atoms. The number of amides is 1. The number of carbonyl (C=O) groups is 1. The van der Waals surface area contributed by atoms with Gasteiger partial charge in [-0.3, -0.25) is 4.79 Å². The zero-order chi connectivity index (χ0) is 13.8. The van der Waals surface area contributed by atoms with E-state index in [1.807, 2.05) is 0 Å². The van der Waals surface area contributed by atoms with Gasteiger partial charge in [-0.05, 0) is 30.3 Å². The van der Waals surface area contributed by atoms with E-state index in [1.54, 1.807) is 18.2 Å². The molecule has 98 valence electrons. The number of nitrogens with one attached hydrogen (secondary N) is 1. The van der Waals surface area contributed by atoms with Gasteiger partial charge in [0.2, 0.25) is 0 Å². The predicted molar refractivity (Wildman–Crippen MR) is 72.8 cm³/mol. The van der Waals surface area contributed by atoms with Crippen LogP contribution in [0.2, 0.25) is 0 Å². The SMILES string of the molecule is COc1cc(Br)ccc1C(=O)Nc1ccc(F)cn1. The summed E-state index contributed by atoms with van der Waals surface area (Å²) in [6, 6.07) is 7.66. The highest BCUT2D eigenvalue weighted by Gasteiger charge is 2.13. The van der Waals surface area contributed by atoms with Crippen molar-refractivity contribution in [3.8, 4) is 5.75 Å². The van der Waals surface area contributed by atoms with Crippen LogP contribution in [0, 0.1) is 5.82 Å². The lowest BCUT2D eigenvalue weighted by Crippen LogP contribution is -2.14. The van der Waals surface area contributed by atoms with E-state index < -0.39 is 5.82 Å². The molecule has 1 heterocycles. The van der Waals surface area contributed by atoms with Gasteiger partial charge in [0.05, 0.1) is 18.9 Å². The van der Waals surface area contributed by atoms with E-state index in [-0.39, 0.29) is 11.7 Å². The molecule has 0 fully saturated rings. The van der Waals surface area contributed by atoms with E-state index in [9.17, 15) is 9.18 Å². The number of hydrogen-bond donors (Lipinski definition) is 1. The monoisotopic (exact) mass is 324 g/mol. The van der Waals surface area contributed by atoms with Crippen LogP contribution < -0.4 is 10.1 Å². The van der Waals surface area contributed by atoms with Gasteiger partial charge in [-0.25, -0.2) is 9.37 Å². The lowest BCUT2D eigenvalue weighted by molar-refractivity contribution is 0.102. The molecule has 2 aromatic rings. The van der Waals surface area contributed by atoms with Gasteiger partial charge in [-0.1, -0.05) is 15.9 Å². The molecule has 1 amide bonds. The zero-order valence-corrected chi connectivity index (χ0v) is 11.6. The summed E-state index contributed by atoms with van der Waals surface area (Å²) in [5.74, 6) is -0.118. The van der Waals surface area contributed by atoms with Crippen molar-refractivity contribution in [3.05, 3.63) is 52.4 Å². The predicted octanol–water partition coefficient (Wildman–Crippen LogP) is 3.24. The second-order valence-corrected chi connectivity index (χ2v) is 4.58. The number of carbonyl (C=O) groups excluding carboxylic acids is 1. The van der Waals surface area contributed by atoms with Crippen LogP contribution in [0.3, 0.4) is 0 Å². The van der Waals surface area contributed by atoms with Gasteiger partial charge >= 0.3 is 0 Å². The standard InChI is InChI=1S/C13H10BrFN2O2/c1-19-11-6-8(14)2-4-10(11)13(18)17-12-5-3-9(15)7-16-12/h2-7H,1H3,(H,16,17,18). The van der Waals surface area contributed by atoms with E-state index in [0.29, 0.717) is 11.3 Å². The number of hydrogen-bond acceptors (Lipinski definition) is 3. The molecule has 0 atom stereocenters. The number of aromatic nitrogens is 1. The molecule has 0 aliphatic rings. The van der Waals surface area contributed by atoms with E-state index in [4.69, 9.17) is 4.74 Å². The molecule has 0 bridgehead atoms. The third-order valence-electron chi connectivity index (χ3n) is 2.38. The van der Waals surface area contributed by atoms with Crippen molar-refractivity contribution in [2.45, 2.75) is 0 Å². The maximum Gasteiger partial charge on any atom is 0.260 e. The minimum atomic E-state index is -0.459. The minimum Gasteiger partial charge on any atom is -0.496 e. The first-order valence-corrected chi connectivity index (χ1v) is 6.16. The smallest absolute Gasteiger partial charge is 0.260 e. The third-order valence-corrected chi connectivity index (χ3v) is 2.87. The molecule has 0 aliphatic heterocycles. The number of benzene rings is 1. The Balaban J connectivity index is 2.22. The van der Waals surface area contributed by atoms with Crippen LogP contribution in [0.1, 0.15) is 10.4 Å². The van der Waals surface area contributed by atoms with Gasteiger partial charge < -0.3 is 10.1 Å². The summed E-state index contributed by atoms with van der Waals surface area (Å²) in [4.78, 5) is 15.8. The number of pyridine rings is 1. The highest BCUT2D eigenvalue weighted by molar-refractivity contribution is 9.10. The molecule has 1 aromatic carbocycles. The van der Waals surface area contributed by atoms with Crippen molar-refractivity contribution in [1.82, 2.24) is 4.98 Å². The lowest BCUT2D eigenvalue weighted by Gasteiger charge is -2.09. The first-order chi connectivity index (χ1) is 9.10. The number of methoxy groups -OCH3 is 1. The molecule has 0 aliphatic carbocycles. The van der Waals surface area contributed by atoms with Crippen LogP contribution >= 0.6 is 15.9 Å². The maximum absolute atomic E-state index is 12.7. The maximum atomic E-state index is 12.7. The molecule has 2 rings (SSSR count). The Hall–Kier alpha value is -1.95. The average Bonchev–Trinajstić information content (AvgIpc) is 2.41. The van der Waals surface area contributed by atoms with Crippen molar-refractivity contribution in [2.24, 2.45) is 0 Å². The number of nitrogens with zero attached hydrogens (tertiary/aromatic N) is 1. The number of rotatable bonds is 3. The summed E-state index contributed by atoms with van der Waals surface area (Å²) < 4.78 is 18.6. The number of ether oxygens (including phenoxy) is 1. The Morgan fingerprint density at radius 2 is 2.16 bits per heavy atom. The molecule has 0 unspecified atom stereocenters. The molecule has 1 aromatic heterocycles. The molecular formula is C13H10BrFN2O2. The Kier molecular flexibility index (Phi) is 4.11. The normalized spacial score (nSPS) is 10.1. The number of halogens is 2. The Bertz CT molecular complexity index is 602. The van der Waals surface area contributed by atoms with Crippen LogP contribution in [-0.4, -0.2) is 18.0 Å². The molecule has 0 saturated carbocycles. The molecule has 6 heteroatoms. The van der Waals surface area contributed by atoms with Crippen molar-refractivity contribution in [2.75, 3.05) is 12.4 Å². The topological polar surface area (TPSA) is 51.2 Å². The summed E-state index contributed by atoms with van der Waals surface area (Å²) in [6.45, 7) is 0. The van der Waals surface area contributed by atoms with Gasteiger partial charge in [0.15, 0.2) is 0 Å². The van der Waals surface area contributed by atoms with Crippen molar-refractivity contribution < 1.29 is 13.9 Å². The minimum absolute atomic E-state index is 0.274. The fourth-order valence-electron chi connectivity index (χ4n) is 1.49. The van der Waals surface area contributed by atoms with Crippen molar-refractivity contribution in [1.29, 1.82) is 0 Å². The fraction of sp³-hybridized carbons (Fsp3) is 0.0769. The van der Waals surface area contributed by atoms with Gasteiger partial charge in [-0.15, -0.1) is 0 Å². The molecule has 0 saturated heterocycles. The van der Waals surface area contributed by atoms with Crippen molar-refractivity contribution in [3.63, 3.8) is 0 Å². The summed E-state index contributed by atoms with van der Waals surface area (Å²) >= 11 is 3.30. The summed E-state index contributed by atoms with van der Waals surface area (Å²) in [7, 11) is 1.48. The fourth-order valence-corrected chi connectivity index (χ4v) is 1.83. The van der Waals surface area contributed by atoms with Gasteiger partial charge in [0.25, 0.3) is 5.91 Å². The highest BCUT2D eigenvalue weighted by Crippen LogP contribution is 2.24. The van der Waals surface area contributed by atoms with Crippen LogP contribution in [-0.2, 0) is 0 Å². The molecule has 4 nitrogen and oxygen atoms in total.